The minimum absolute atomic E-state index is 0.0653. The lowest BCUT2D eigenvalue weighted by atomic mass is 10.2. The number of nitrogens with two attached hydrogens (primary N) is 1. The molecular formula is C12H18N4OS. The van der Waals surface area contributed by atoms with E-state index in [0.717, 1.165) is 12.2 Å². The van der Waals surface area contributed by atoms with Gasteiger partial charge in [-0.2, -0.15) is 11.8 Å². The molecule has 2 rings (SSSR count). The molecule has 1 amide bonds. The average Bonchev–Trinajstić information content (AvgIpc) is 2.88. The van der Waals surface area contributed by atoms with Crippen molar-refractivity contribution in [2.45, 2.75) is 25.0 Å². The van der Waals surface area contributed by atoms with Crippen molar-refractivity contribution < 1.29 is 4.79 Å². The molecule has 1 aliphatic heterocycles. The first kappa shape index (κ1) is 13.2. The van der Waals surface area contributed by atoms with Crippen LogP contribution in [0, 0.1) is 6.92 Å². The van der Waals surface area contributed by atoms with E-state index in [1.54, 1.807) is 12.1 Å². The zero-order valence-corrected chi connectivity index (χ0v) is 11.2. The van der Waals surface area contributed by atoms with Crippen LogP contribution in [0.25, 0.3) is 0 Å². The molecule has 1 saturated heterocycles. The Labute approximate surface area is 111 Å². The molecule has 0 radical (unpaired) electrons. The summed E-state index contributed by atoms with van der Waals surface area (Å²) in [5.41, 5.74) is 3.83. The molecule has 0 aliphatic carbocycles. The highest BCUT2D eigenvalue weighted by Gasteiger charge is 2.17. The normalized spacial score (nSPS) is 18.7. The van der Waals surface area contributed by atoms with E-state index in [4.69, 9.17) is 5.84 Å². The zero-order valence-electron chi connectivity index (χ0n) is 10.4. The number of hydrogen-bond donors (Lipinski definition) is 3. The number of aromatic nitrogens is 1. The third kappa shape index (κ3) is 3.36. The summed E-state index contributed by atoms with van der Waals surface area (Å²) in [4.78, 5) is 16.2. The summed E-state index contributed by atoms with van der Waals surface area (Å²) < 4.78 is 0. The summed E-state index contributed by atoms with van der Waals surface area (Å²) in [6.07, 6.45) is 2.44. The molecule has 4 N–H and O–H groups in total. The maximum atomic E-state index is 12.0. The van der Waals surface area contributed by atoms with E-state index in [9.17, 15) is 4.79 Å². The number of hydrogen-bond acceptors (Lipinski definition) is 5. The van der Waals surface area contributed by atoms with Gasteiger partial charge in [0, 0.05) is 23.1 Å². The van der Waals surface area contributed by atoms with E-state index >= 15 is 0 Å². The molecule has 98 valence electrons. The second kappa shape index (κ2) is 6.06. The first-order valence-electron chi connectivity index (χ1n) is 6.04. The molecule has 18 heavy (non-hydrogen) atoms. The Balaban J connectivity index is 1.97. The van der Waals surface area contributed by atoms with Gasteiger partial charge in [-0.3, -0.25) is 4.79 Å². The SMILES string of the molecule is Cc1cc(C(=O)NCC2CCCS2)cc(NN)n1. The highest BCUT2D eigenvalue weighted by Crippen LogP contribution is 2.25. The number of rotatable bonds is 4. The number of carbonyl (C=O) groups excluding carboxylic acids is 1. The predicted molar refractivity (Wildman–Crippen MR) is 74.6 cm³/mol. The van der Waals surface area contributed by atoms with Crippen LogP contribution in [0.2, 0.25) is 0 Å². The molecule has 1 aromatic heterocycles. The van der Waals surface area contributed by atoms with Crippen molar-refractivity contribution in [1.29, 1.82) is 0 Å². The fourth-order valence-electron chi connectivity index (χ4n) is 1.99. The lowest BCUT2D eigenvalue weighted by Crippen LogP contribution is -2.30. The molecule has 1 aromatic rings. The number of anilines is 1. The number of nitrogens with zero attached hydrogens (tertiary/aromatic N) is 1. The molecule has 0 spiro atoms. The second-order valence-corrected chi connectivity index (χ2v) is 5.78. The monoisotopic (exact) mass is 266 g/mol. The maximum Gasteiger partial charge on any atom is 0.251 e. The molecule has 5 nitrogen and oxygen atoms in total. The molecule has 1 aliphatic rings. The number of pyridine rings is 1. The third-order valence-electron chi connectivity index (χ3n) is 2.88. The van der Waals surface area contributed by atoms with Crippen molar-refractivity contribution >= 4 is 23.5 Å². The topological polar surface area (TPSA) is 80.0 Å². The van der Waals surface area contributed by atoms with Crippen LogP contribution in [0.1, 0.15) is 28.9 Å². The minimum atomic E-state index is -0.0653. The van der Waals surface area contributed by atoms with Crippen molar-refractivity contribution in [3.8, 4) is 0 Å². The van der Waals surface area contributed by atoms with E-state index in [-0.39, 0.29) is 5.91 Å². The summed E-state index contributed by atoms with van der Waals surface area (Å²) >= 11 is 1.93. The van der Waals surface area contributed by atoms with E-state index in [0.29, 0.717) is 16.6 Å². The number of carbonyl (C=O) groups is 1. The number of aryl methyl sites for hydroxylation is 1. The minimum Gasteiger partial charge on any atom is -0.351 e. The first-order chi connectivity index (χ1) is 8.69. The van der Waals surface area contributed by atoms with Gasteiger partial charge in [-0.05, 0) is 37.7 Å². The van der Waals surface area contributed by atoms with Crippen molar-refractivity contribution in [2.24, 2.45) is 5.84 Å². The quantitative estimate of drug-likeness (QED) is 0.565. The predicted octanol–water partition coefficient (Wildman–Crippen LogP) is 1.30. The summed E-state index contributed by atoms with van der Waals surface area (Å²) in [6.45, 7) is 2.57. The molecule has 6 heteroatoms. The molecule has 1 unspecified atom stereocenters. The average molecular weight is 266 g/mol. The number of thioether (sulfide) groups is 1. The van der Waals surface area contributed by atoms with Gasteiger partial charge < -0.3 is 10.7 Å². The Bertz CT molecular complexity index is 432. The van der Waals surface area contributed by atoms with Gasteiger partial charge in [-0.15, -0.1) is 0 Å². The standard InChI is InChI=1S/C12H18N4OS/c1-8-5-9(6-11(15-8)16-13)12(17)14-7-10-3-2-4-18-10/h5-6,10H,2-4,7,13H2,1H3,(H,14,17)(H,15,16). The van der Waals surface area contributed by atoms with Crippen molar-refractivity contribution in [3.63, 3.8) is 0 Å². The van der Waals surface area contributed by atoms with Gasteiger partial charge in [0.25, 0.3) is 5.91 Å². The molecule has 1 atom stereocenters. The Hall–Kier alpha value is -1.27. The summed E-state index contributed by atoms with van der Waals surface area (Å²) in [5, 5.41) is 3.52. The molecule has 0 bridgehead atoms. The van der Waals surface area contributed by atoms with Crippen LogP contribution >= 0.6 is 11.8 Å². The number of amides is 1. The Morgan fingerprint density at radius 1 is 1.61 bits per heavy atom. The van der Waals surface area contributed by atoms with Gasteiger partial charge >= 0.3 is 0 Å². The lowest BCUT2D eigenvalue weighted by Gasteiger charge is -2.11. The Kier molecular flexibility index (Phi) is 4.43. The number of hydrazine groups is 1. The van der Waals surface area contributed by atoms with Crippen molar-refractivity contribution in [1.82, 2.24) is 10.3 Å². The second-order valence-electron chi connectivity index (χ2n) is 4.37. The largest absolute Gasteiger partial charge is 0.351 e. The summed E-state index contributed by atoms with van der Waals surface area (Å²) in [5.74, 6) is 6.96. The van der Waals surface area contributed by atoms with Gasteiger partial charge in [0.05, 0.1) is 0 Å². The summed E-state index contributed by atoms with van der Waals surface area (Å²) in [6, 6.07) is 3.42. The van der Waals surface area contributed by atoms with Crippen LogP contribution in [0.15, 0.2) is 12.1 Å². The first-order valence-corrected chi connectivity index (χ1v) is 7.09. The van der Waals surface area contributed by atoms with Gasteiger partial charge in [-0.25, -0.2) is 10.8 Å². The van der Waals surface area contributed by atoms with Gasteiger partial charge in [0.2, 0.25) is 0 Å². The van der Waals surface area contributed by atoms with Crippen LogP contribution < -0.4 is 16.6 Å². The maximum absolute atomic E-state index is 12.0. The molecule has 2 heterocycles. The molecular weight excluding hydrogens is 248 g/mol. The van der Waals surface area contributed by atoms with Crippen LogP contribution in [-0.2, 0) is 0 Å². The van der Waals surface area contributed by atoms with Crippen LogP contribution in [0.5, 0.6) is 0 Å². The van der Waals surface area contributed by atoms with Crippen LogP contribution in [0.4, 0.5) is 5.82 Å². The van der Waals surface area contributed by atoms with Crippen molar-refractivity contribution in [3.05, 3.63) is 23.4 Å². The van der Waals surface area contributed by atoms with Crippen LogP contribution in [0.3, 0.4) is 0 Å². The van der Waals surface area contributed by atoms with E-state index in [1.165, 1.54) is 18.6 Å². The molecule has 0 saturated carbocycles. The third-order valence-corrected chi connectivity index (χ3v) is 4.28. The molecule has 1 fully saturated rings. The van der Waals surface area contributed by atoms with Crippen LogP contribution in [-0.4, -0.2) is 28.4 Å². The fraction of sp³-hybridized carbons (Fsp3) is 0.500. The van der Waals surface area contributed by atoms with E-state index < -0.39 is 0 Å². The van der Waals surface area contributed by atoms with Crippen molar-refractivity contribution in [2.75, 3.05) is 17.7 Å². The Morgan fingerprint density at radius 2 is 2.44 bits per heavy atom. The van der Waals surface area contributed by atoms with E-state index in [2.05, 4.69) is 15.7 Å². The van der Waals surface area contributed by atoms with E-state index in [1.807, 2.05) is 18.7 Å². The summed E-state index contributed by atoms with van der Waals surface area (Å²) in [7, 11) is 0. The van der Waals surface area contributed by atoms with Gasteiger partial charge in [0.15, 0.2) is 0 Å². The Morgan fingerprint density at radius 3 is 3.11 bits per heavy atom. The molecule has 0 aromatic carbocycles. The lowest BCUT2D eigenvalue weighted by molar-refractivity contribution is 0.0953. The smallest absolute Gasteiger partial charge is 0.251 e. The fourth-order valence-corrected chi connectivity index (χ4v) is 3.19. The number of nitrogens with one attached hydrogen (secondary N) is 2. The van der Waals surface area contributed by atoms with Gasteiger partial charge in [-0.1, -0.05) is 0 Å². The number of nitrogen functional groups attached to an aromatic ring is 1. The zero-order chi connectivity index (χ0) is 13.0. The van der Waals surface area contributed by atoms with Gasteiger partial charge in [0.1, 0.15) is 5.82 Å². The highest BCUT2D eigenvalue weighted by molar-refractivity contribution is 8.00. The highest BCUT2D eigenvalue weighted by atomic mass is 32.2.